The molecule has 1 aliphatic rings. The number of rotatable bonds is 6. The topological polar surface area (TPSA) is 75.9 Å². The average molecular weight is 319 g/mol. The minimum absolute atomic E-state index is 0.0793. The van der Waals surface area contributed by atoms with Crippen LogP contribution >= 0.6 is 0 Å². The van der Waals surface area contributed by atoms with Crippen LogP contribution in [0.4, 0.5) is 4.79 Å². The molecule has 6 heteroatoms. The normalized spacial score (nSPS) is 17.6. The Bertz CT molecular complexity index is 521. The molecule has 0 saturated carbocycles. The molecule has 1 aromatic carbocycles. The Hall–Kier alpha value is -2.24. The number of likely N-dealkylation sites (tertiary alicyclic amines) is 1. The molecule has 1 unspecified atom stereocenters. The van der Waals surface area contributed by atoms with Gasteiger partial charge < -0.3 is 20.3 Å². The Morgan fingerprint density at radius 2 is 2.09 bits per heavy atom. The van der Waals surface area contributed by atoms with E-state index in [-0.39, 0.29) is 11.8 Å². The van der Waals surface area contributed by atoms with E-state index >= 15 is 0 Å². The molecule has 1 atom stereocenters. The second-order valence-electron chi connectivity index (χ2n) is 5.90. The van der Waals surface area contributed by atoms with Gasteiger partial charge in [0.15, 0.2) is 0 Å². The number of ether oxygens (including phenoxy) is 1. The van der Waals surface area contributed by atoms with Crippen molar-refractivity contribution in [2.75, 3.05) is 33.3 Å². The van der Waals surface area contributed by atoms with Crippen LogP contribution in [0.5, 0.6) is 5.75 Å². The molecule has 1 saturated heterocycles. The predicted molar refractivity (Wildman–Crippen MR) is 88.1 cm³/mol. The quantitative estimate of drug-likeness (QED) is 0.811. The Morgan fingerprint density at radius 1 is 1.35 bits per heavy atom. The van der Waals surface area contributed by atoms with Crippen molar-refractivity contribution >= 4 is 11.9 Å². The summed E-state index contributed by atoms with van der Waals surface area (Å²) in [5, 5.41) is 0. The summed E-state index contributed by atoms with van der Waals surface area (Å²) in [5.41, 5.74) is 5.30. The lowest BCUT2D eigenvalue weighted by Gasteiger charge is -2.33. The zero-order valence-corrected chi connectivity index (χ0v) is 13.6. The molecule has 0 aromatic heterocycles. The smallest absolute Gasteiger partial charge is 0.314 e. The summed E-state index contributed by atoms with van der Waals surface area (Å²) in [6.45, 7) is 2.28. The van der Waals surface area contributed by atoms with Crippen LogP contribution in [0, 0.1) is 5.92 Å². The fraction of sp³-hybridized carbons (Fsp3) is 0.529. The van der Waals surface area contributed by atoms with E-state index in [1.807, 2.05) is 30.3 Å². The van der Waals surface area contributed by atoms with E-state index in [2.05, 4.69) is 0 Å². The maximum absolute atomic E-state index is 12.4. The maximum atomic E-state index is 12.4. The lowest BCUT2D eigenvalue weighted by atomic mass is 9.97. The molecule has 0 bridgehead atoms. The van der Waals surface area contributed by atoms with Gasteiger partial charge in [-0.1, -0.05) is 18.2 Å². The van der Waals surface area contributed by atoms with E-state index in [1.165, 1.54) is 0 Å². The van der Waals surface area contributed by atoms with Crippen LogP contribution in [0.3, 0.4) is 0 Å². The molecular weight excluding hydrogens is 294 g/mol. The van der Waals surface area contributed by atoms with Gasteiger partial charge in [0, 0.05) is 26.7 Å². The van der Waals surface area contributed by atoms with E-state index in [1.54, 1.807) is 16.8 Å². The molecule has 6 nitrogen and oxygen atoms in total. The van der Waals surface area contributed by atoms with Crippen LogP contribution < -0.4 is 10.5 Å². The number of amides is 3. The van der Waals surface area contributed by atoms with Crippen molar-refractivity contribution < 1.29 is 14.3 Å². The fourth-order valence-electron chi connectivity index (χ4n) is 2.81. The number of primary amides is 1. The number of hydrogen-bond donors (Lipinski definition) is 1. The minimum Gasteiger partial charge on any atom is -0.494 e. The van der Waals surface area contributed by atoms with Crippen molar-refractivity contribution in [3.05, 3.63) is 30.3 Å². The first-order valence-corrected chi connectivity index (χ1v) is 8.05. The summed E-state index contributed by atoms with van der Waals surface area (Å²) in [4.78, 5) is 27.0. The number of nitrogens with two attached hydrogens (primary N) is 1. The largest absolute Gasteiger partial charge is 0.494 e. The highest BCUT2D eigenvalue weighted by Crippen LogP contribution is 2.18. The van der Waals surface area contributed by atoms with E-state index in [9.17, 15) is 9.59 Å². The van der Waals surface area contributed by atoms with Crippen molar-refractivity contribution in [2.45, 2.75) is 19.3 Å². The van der Waals surface area contributed by atoms with Crippen molar-refractivity contribution in [2.24, 2.45) is 11.7 Å². The molecule has 23 heavy (non-hydrogen) atoms. The third kappa shape index (κ3) is 5.16. The Labute approximate surface area is 137 Å². The van der Waals surface area contributed by atoms with E-state index in [4.69, 9.17) is 10.5 Å². The summed E-state index contributed by atoms with van der Waals surface area (Å²) >= 11 is 0. The fourth-order valence-corrected chi connectivity index (χ4v) is 2.81. The molecule has 1 fully saturated rings. The van der Waals surface area contributed by atoms with Crippen LogP contribution in [0.1, 0.15) is 19.3 Å². The summed E-state index contributed by atoms with van der Waals surface area (Å²) in [7, 11) is 1.80. The Morgan fingerprint density at radius 3 is 2.78 bits per heavy atom. The van der Waals surface area contributed by atoms with Gasteiger partial charge in [-0.25, -0.2) is 4.79 Å². The second kappa shape index (κ2) is 8.41. The van der Waals surface area contributed by atoms with Crippen molar-refractivity contribution in [3.63, 3.8) is 0 Å². The number of carbonyl (C=O) groups excluding carboxylic acids is 2. The van der Waals surface area contributed by atoms with Crippen LogP contribution in [0.25, 0.3) is 0 Å². The maximum Gasteiger partial charge on any atom is 0.314 e. The molecular formula is C17H25N3O3. The van der Waals surface area contributed by atoms with Gasteiger partial charge in [-0.3, -0.25) is 4.79 Å². The van der Waals surface area contributed by atoms with Gasteiger partial charge in [-0.15, -0.1) is 0 Å². The van der Waals surface area contributed by atoms with Gasteiger partial charge in [0.05, 0.1) is 12.5 Å². The Balaban J connectivity index is 1.71. The first kappa shape index (κ1) is 17.1. The van der Waals surface area contributed by atoms with Crippen molar-refractivity contribution in [1.29, 1.82) is 0 Å². The summed E-state index contributed by atoms with van der Waals surface area (Å²) in [6, 6.07) is 9.18. The third-order valence-corrected chi connectivity index (χ3v) is 4.11. The average Bonchev–Trinajstić information content (AvgIpc) is 2.59. The lowest BCUT2D eigenvalue weighted by Crippen LogP contribution is -2.47. The summed E-state index contributed by atoms with van der Waals surface area (Å²) in [6.07, 6.45) is 2.40. The number of urea groups is 1. The van der Waals surface area contributed by atoms with E-state index < -0.39 is 6.03 Å². The van der Waals surface area contributed by atoms with Crippen LogP contribution in [-0.2, 0) is 4.79 Å². The SMILES string of the molecule is CN(CCCOc1ccccc1)C(=O)C1CCCN(C(N)=O)C1. The van der Waals surface area contributed by atoms with Gasteiger partial charge in [0.1, 0.15) is 5.75 Å². The molecule has 2 rings (SSSR count). The second-order valence-corrected chi connectivity index (χ2v) is 5.90. The number of piperidine rings is 1. The highest BCUT2D eigenvalue weighted by Gasteiger charge is 2.29. The monoisotopic (exact) mass is 319 g/mol. The first-order chi connectivity index (χ1) is 11.1. The number of benzene rings is 1. The molecule has 126 valence electrons. The zero-order chi connectivity index (χ0) is 16.7. The number of hydrogen-bond acceptors (Lipinski definition) is 3. The van der Waals surface area contributed by atoms with Crippen LogP contribution in [-0.4, -0.2) is 55.0 Å². The van der Waals surface area contributed by atoms with Crippen molar-refractivity contribution in [3.8, 4) is 5.75 Å². The first-order valence-electron chi connectivity index (χ1n) is 8.05. The molecule has 0 aliphatic carbocycles. The van der Waals surface area contributed by atoms with Crippen LogP contribution in [0.2, 0.25) is 0 Å². The van der Waals surface area contributed by atoms with Gasteiger partial charge in [0.25, 0.3) is 0 Å². The number of carbonyl (C=O) groups is 2. The van der Waals surface area contributed by atoms with Gasteiger partial charge >= 0.3 is 6.03 Å². The molecule has 0 radical (unpaired) electrons. The van der Waals surface area contributed by atoms with E-state index in [0.29, 0.717) is 26.2 Å². The number of para-hydroxylation sites is 1. The highest BCUT2D eigenvalue weighted by molar-refractivity contribution is 5.80. The Kier molecular flexibility index (Phi) is 6.26. The highest BCUT2D eigenvalue weighted by atomic mass is 16.5. The summed E-state index contributed by atoms with van der Waals surface area (Å²) in [5.74, 6) is 0.776. The number of nitrogens with zero attached hydrogens (tertiary/aromatic N) is 2. The van der Waals surface area contributed by atoms with Crippen LogP contribution in [0.15, 0.2) is 30.3 Å². The molecule has 3 amide bonds. The van der Waals surface area contributed by atoms with Gasteiger partial charge in [0.2, 0.25) is 5.91 Å². The van der Waals surface area contributed by atoms with Crippen molar-refractivity contribution in [1.82, 2.24) is 9.80 Å². The molecule has 0 spiro atoms. The van der Waals surface area contributed by atoms with Gasteiger partial charge in [-0.05, 0) is 31.4 Å². The van der Waals surface area contributed by atoms with Gasteiger partial charge in [-0.2, -0.15) is 0 Å². The summed E-state index contributed by atoms with van der Waals surface area (Å²) < 4.78 is 5.62. The standard InChI is InChI=1S/C17H25N3O3/c1-19(10-6-12-23-15-8-3-2-4-9-15)16(21)14-7-5-11-20(13-14)17(18)22/h2-4,8-9,14H,5-7,10-13H2,1H3,(H2,18,22). The minimum atomic E-state index is -0.443. The molecule has 1 aliphatic heterocycles. The molecule has 2 N–H and O–H groups in total. The third-order valence-electron chi connectivity index (χ3n) is 4.11. The lowest BCUT2D eigenvalue weighted by molar-refractivity contribution is -0.135. The predicted octanol–water partition coefficient (Wildman–Crippen LogP) is 1.70. The zero-order valence-electron chi connectivity index (χ0n) is 13.6. The van der Waals surface area contributed by atoms with E-state index in [0.717, 1.165) is 25.0 Å². The molecule has 1 heterocycles. The molecule has 1 aromatic rings.